The first kappa shape index (κ1) is 17.5. The van der Waals surface area contributed by atoms with E-state index in [1.807, 2.05) is 0 Å². The second kappa shape index (κ2) is 9.25. The average molecular weight is 334 g/mol. The van der Waals surface area contributed by atoms with Crippen molar-refractivity contribution < 1.29 is 14.2 Å². The highest BCUT2D eigenvalue weighted by molar-refractivity contribution is 5.43. The third kappa shape index (κ3) is 5.10. The van der Waals surface area contributed by atoms with E-state index in [-0.39, 0.29) is 0 Å². The molecule has 2 heterocycles. The smallest absolute Gasteiger partial charge is 0.161 e. The number of piperidine rings is 1. The van der Waals surface area contributed by atoms with Crippen LogP contribution in [0, 0.1) is 0 Å². The van der Waals surface area contributed by atoms with E-state index < -0.39 is 0 Å². The Labute approximate surface area is 145 Å². The zero-order chi connectivity index (χ0) is 16.6. The Hall–Kier alpha value is -1.30. The molecule has 1 aromatic carbocycles. The number of nitrogens with zero attached hydrogens (tertiary/aromatic N) is 2. The van der Waals surface area contributed by atoms with Crippen LogP contribution >= 0.6 is 0 Å². The molecular weight excluding hydrogens is 304 g/mol. The molecule has 0 amide bonds. The number of methoxy groups -OCH3 is 1. The number of hydrogen-bond donors (Lipinski definition) is 0. The minimum atomic E-state index is 0.682. The predicted molar refractivity (Wildman–Crippen MR) is 94.9 cm³/mol. The summed E-state index contributed by atoms with van der Waals surface area (Å²) in [5.41, 5.74) is 1.30. The quantitative estimate of drug-likeness (QED) is 0.765. The minimum Gasteiger partial charge on any atom is -0.493 e. The Morgan fingerprint density at radius 2 is 1.75 bits per heavy atom. The van der Waals surface area contributed by atoms with Gasteiger partial charge in [-0.3, -0.25) is 9.80 Å². The van der Waals surface area contributed by atoms with Gasteiger partial charge in [-0.25, -0.2) is 0 Å². The minimum absolute atomic E-state index is 0.682. The molecule has 0 aliphatic carbocycles. The van der Waals surface area contributed by atoms with Crippen molar-refractivity contribution in [1.29, 1.82) is 0 Å². The summed E-state index contributed by atoms with van der Waals surface area (Å²) in [5, 5.41) is 0. The lowest BCUT2D eigenvalue weighted by atomic mass is 10.1. The molecule has 0 saturated carbocycles. The van der Waals surface area contributed by atoms with Crippen LogP contribution in [0.5, 0.6) is 11.5 Å². The maximum absolute atomic E-state index is 5.95. The van der Waals surface area contributed by atoms with Crippen molar-refractivity contribution in [2.75, 3.05) is 59.7 Å². The maximum Gasteiger partial charge on any atom is 0.161 e. The van der Waals surface area contributed by atoms with Gasteiger partial charge in [0.05, 0.1) is 20.3 Å². The molecule has 5 heteroatoms. The first-order valence-electron chi connectivity index (χ1n) is 9.17. The summed E-state index contributed by atoms with van der Waals surface area (Å²) in [6, 6.07) is 6.34. The molecule has 2 aliphatic heterocycles. The van der Waals surface area contributed by atoms with E-state index in [1.165, 1.54) is 37.9 Å². The summed E-state index contributed by atoms with van der Waals surface area (Å²) in [5.74, 6) is 1.68. The first-order chi connectivity index (χ1) is 11.8. The Morgan fingerprint density at radius 1 is 0.958 bits per heavy atom. The van der Waals surface area contributed by atoms with Gasteiger partial charge in [0.1, 0.15) is 6.61 Å². The number of likely N-dealkylation sites (tertiary alicyclic amines) is 1. The van der Waals surface area contributed by atoms with Gasteiger partial charge < -0.3 is 14.2 Å². The zero-order valence-electron chi connectivity index (χ0n) is 14.8. The van der Waals surface area contributed by atoms with Gasteiger partial charge in [-0.1, -0.05) is 12.5 Å². The lowest BCUT2D eigenvalue weighted by Crippen LogP contribution is -2.38. The lowest BCUT2D eigenvalue weighted by Gasteiger charge is -2.27. The van der Waals surface area contributed by atoms with E-state index in [1.54, 1.807) is 7.11 Å². The summed E-state index contributed by atoms with van der Waals surface area (Å²) in [4.78, 5) is 4.90. The van der Waals surface area contributed by atoms with Crippen LogP contribution in [0.4, 0.5) is 0 Å². The van der Waals surface area contributed by atoms with Crippen molar-refractivity contribution in [2.24, 2.45) is 0 Å². The summed E-state index contributed by atoms with van der Waals surface area (Å²) < 4.78 is 16.9. The Morgan fingerprint density at radius 3 is 2.50 bits per heavy atom. The van der Waals surface area contributed by atoms with Crippen LogP contribution in [0.3, 0.4) is 0 Å². The Balaban J connectivity index is 1.51. The molecule has 0 spiro atoms. The van der Waals surface area contributed by atoms with Crippen molar-refractivity contribution in [3.8, 4) is 11.5 Å². The van der Waals surface area contributed by atoms with E-state index in [4.69, 9.17) is 14.2 Å². The topological polar surface area (TPSA) is 34.2 Å². The van der Waals surface area contributed by atoms with Gasteiger partial charge >= 0.3 is 0 Å². The molecule has 2 saturated heterocycles. The van der Waals surface area contributed by atoms with Crippen molar-refractivity contribution >= 4 is 0 Å². The van der Waals surface area contributed by atoms with Gasteiger partial charge in [-0.05, 0) is 43.6 Å². The molecule has 2 aliphatic rings. The third-order valence-electron chi connectivity index (χ3n) is 4.85. The van der Waals surface area contributed by atoms with Crippen LogP contribution in [0.25, 0.3) is 0 Å². The van der Waals surface area contributed by atoms with Crippen LogP contribution in [0.2, 0.25) is 0 Å². The van der Waals surface area contributed by atoms with Crippen LogP contribution in [0.15, 0.2) is 18.2 Å². The van der Waals surface area contributed by atoms with E-state index in [0.29, 0.717) is 6.61 Å². The number of hydrogen-bond acceptors (Lipinski definition) is 5. The molecule has 0 unspecified atom stereocenters. The fraction of sp³-hybridized carbons (Fsp3) is 0.684. The normalized spacial score (nSPS) is 20.0. The Bertz CT molecular complexity index is 497. The van der Waals surface area contributed by atoms with Crippen molar-refractivity contribution in [2.45, 2.75) is 25.8 Å². The number of rotatable bonds is 7. The molecule has 3 rings (SSSR count). The SMILES string of the molecule is COc1cc(CN2CCCCC2)ccc1OCCN1CCOCC1. The van der Waals surface area contributed by atoms with Crippen LogP contribution in [-0.2, 0) is 11.3 Å². The summed E-state index contributed by atoms with van der Waals surface area (Å²) in [7, 11) is 1.72. The predicted octanol–water partition coefficient (Wildman–Crippen LogP) is 2.39. The first-order valence-corrected chi connectivity index (χ1v) is 9.17. The van der Waals surface area contributed by atoms with E-state index >= 15 is 0 Å². The van der Waals surface area contributed by atoms with Gasteiger partial charge in [0.25, 0.3) is 0 Å². The van der Waals surface area contributed by atoms with E-state index in [0.717, 1.165) is 50.9 Å². The molecule has 1 aromatic rings. The molecule has 0 aromatic heterocycles. The molecule has 24 heavy (non-hydrogen) atoms. The summed E-state index contributed by atoms with van der Waals surface area (Å²) in [6.45, 7) is 8.68. The van der Waals surface area contributed by atoms with Crippen LogP contribution in [-0.4, -0.2) is 69.5 Å². The highest BCUT2D eigenvalue weighted by atomic mass is 16.5. The molecule has 0 atom stereocenters. The maximum atomic E-state index is 5.95. The number of morpholine rings is 1. The molecule has 134 valence electrons. The number of benzene rings is 1. The summed E-state index contributed by atoms with van der Waals surface area (Å²) >= 11 is 0. The third-order valence-corrected chi connectivity index (χ3v) is 4.85. The van der Waals surface area contributed by atoms with Gasteiger partial charge in [0, 0.05) is 26.2 Å². The molecule has 0 N–H and O–H groups in total. The summed E-state index contributed by atoms with van der Waals surface area (Å²) in [6.07, 6.45) is 4.01. The number of ether oxygens (including phenoxy) is 3. The lowest BCUT2D eigenvalue weighted by molar-refractivity contribution is 0.0321. The van der Waals surface area contributed by atoms with E-state index in [9.17, 15) is 0 Å². The van der Waals surface area contributed by atoms with Crippen molar-refractivity contribution in [3.05, 3.63) is 23.8 Å². The Kier molecular flexibility index (Phi) is 6.75. The van der Waals surface area contributed by atoms with Gasteiger partial charge in [0.2, 0.25) is 0 Å². The van der Waals surface area contributed by atoms with Gasteiger partial charge in [-0.15, -0.1) is 0 Å². The largest absolute Gasteiger partial charge is 0.493 e. The van der Waals surface area contributed by atoms with Crippen molar-refractivity contribution in [3.63, 3.8) is 0 Å². The van der Waals surface area contributed by atoms with Gasteiger partial charge in [-0.2, -0.15) is 0 Å². The molecular formula is C19H30N2O3. The molecule has 0 radical (unpaired) electrons. The molecule has 2 fully saturated rings. The van der Waals surface area contributed by atoms with Gasteiger partial charge in [0.15, 0.2) is 11.5 Å². The second-order valence-electron chi connectivity index (χ2n) is 6.62. The second-order valence-corrected chi connectivity index (χ2v) is 6.62. The standard InChI is InChI=1S/C19H30N2O3/c1-22-19-15-17(16-21-7-3-2-4-8-21)5-6-18(19)24-14-11-20-9-12-23-13-10-20/h5-6,15H,2-4,7-14,16H2,1H3. The van der Waals surface area contributed by atoms with Crippen molar-refractivity contribution in [1.82, 2.24) is 9.80 Å². The van der Waals surface area contributed by atoms with Crippen LogP contribution < -0.4 is 9.47 Å². The highest BCUT2D eigenvalue weighted by Crippen LogP contribution is 2.29. The monoisotopic (exact) mass is 334 g/mol. The fourth-order valence-corrected chi connectivity index (χ4v) is 3.41. The van der Waals surface area contributed by atoms with E-state index in [2.05, 4.69) is 28.0 Å². The average Bonchev–Trinajstić information content (AvgIpc) is 2.64. The molecule has 0 bridgehead atoms. The molecule has 5 nitrogen and oxygen atoms in total. The zero-order valence-corrected chi connectivity index (χ0v) is 14.8. The highest BCUT2D eigenvalue weighted by Gasteiger charge is 2.13. The van der Waals surface area contributed by atoms with Crippen LogP contribution in [0.1, 0.15) is 24.8 Å². The fourth-order valence-electron chi connectivity index (χ4n) is 3.41.